The van der Waals surface area contributed by atoms with Gasteiger partial charge in [0.05, 0.1) is 5.01 Å². The van der Waals surface area contributed by atoms with Crippen LogP contribution in [0.4, 0.5) is 18.0 Å². The minimum absolute atomic E-state index is 0.0158. The van der Waals surface area contributed by atoms with Gasteiger partial charge in [-0.2, -0.15) is 13.2 Å². The second-order valence-electron chi connectivity index (χ2n) is 4.39. The molecule has 0 aromatic carbocycles. The van der Waals surface area contributed by atoms with Gasteiger partial charge in [0.15, 0.2) is 5.69 Å². The molecule has 0 saturated heterocycles. The van der Waals surface area contributed by atoms with Gasteiger partial charge < -0.3 is 15.7 Å². The van der Waals surface area contributed by atoms with Gasteiger partial charge in [0, 0.05) is 31.0 Å². The lowest BCUT2D eigenvalue weighted by Crippen LogP contribution is -2.42. The average molecular weight is 325 g/mol. The van der Waals surface area contributed by atoms with E-state index in [2.05, 4.69) is 15.6 Å². The molecule has 0 aliphatic rings. The predicted octanol–water partition coefficient (Wildman–Crippen LogP) is 2.16. The zero-order chi connectivity index (χ0) is 15.9. The number of aromatic nitrogens is 1. The number of hydrogen-bond acceptors (Lipinski definition) is 4. The van der Waals surface area contributed by atoms with E-state index in [-0.39, 0.29) is 25.6 Å². The lowest BCUT2D eigenvalue weighted by molar-refractivity contribution is -0.140. The van der Waals surface area contributed by atoms with Crippen molar-refractivity contribution < 1.29 is 23.1 Å². The van der Waals surface area contributed by atoms with Gasteiger partial charge in [-0.05, 0) is 12.8 Å². The molecule has 1 atom stereocenters. The fourth-order valence-corrected chi connectivity index (χ4v) is 2.41. The topological polar surface area (TPSA) is 74.2 Å². The highest BCUT2D eigenvalue weighted by Gasteiger charge is 2.33. The van der Waals surface area contributed by atoms with E-state index in [9.17, 15) is 18.0 Å². The number of halogens is 3. The largest absolute Gasteiger partial charge is 0.434 e. The molecule has 1 unspecified atom stereocenters. The van der Waals surface area contributed by atoms with Crippen LogP contribution in [0.25, 0.3) is 0 Å². The third kappa shape index (κ3) is 6.30. The zero-order valence-corrected chi connectivity index (χ0v) is 12.4. The van der Waals surface area contributed by atoms with Crippen LogP contribution in [-0.4, -0.2) is 35.3 Å². The minimum Gasteiger partial charge on any atom is -0.396 e. The molecular weight excluding hydrogens is 307 g/mol. The number of carbonyl (C=O) groups is 1. The number of aliphatic hydroxyl groups is 1. The molecule has 3 N–H and O–H groups in total. The molecule has 0 bridgehead atoms. The van der Waals surface area contributed by atoms with Crippen molar-refractivity contribution in [3.8, 4) is 0 Å². The number of thiazole rings is 1. The lowest BCUT2D eigenvalue weighted by Gasteiger charge is -2.16. The predicted molar refractivity (Wildman–Crippen MR) is 73.1 cm³/mol. The van der Waals surface area contributed by atoms with Gasteiger partial charge in [0.2, 0.25) is 0 Å². The SMILES string of the molecule is CCC(CCO)NC(=O)NCCc1nc(C(F)(F)F)cs1. The van der Waals surface area contributed by atoms with Gasteiger partial charge in [-0.25, -0.2) is 9.78 Å². The Hall–Kier alpha value is -1.35. The van der Waals surface area contributed by atoms with E-state index in [1.807, 2.05) is 6.92 Å². The summed E-state index contributed by atoms with van der Waals surface area (Å²) in [5, 5.41) is 15.3. The highest BCUT2D eigenvalue weighted by molar-refractivity contribution is 7.09. The van der Waals surface area contributed by atoms with Crippen LogP contribution in [0.2, 0.25) is 0 Å². The Bertz CT molecular complexity index is 451. The first-order chi connectivity index (χ1) is 9.86. The molecule has 1 aromatic heterocycles. The quantitative estimate of drug-likeness (QED) is 0.719. The van der Waals surface area contributed by atoms with Crippen LogP contribution in [0.5, 0.6) is 0 Å². The first kappa shape index (κ1) is 17.7. The van der Waals surface area contributed by atoms with Crippen molar-refractivity contribution in [2.24, 2.45) is 0 Å². The fourth-order valence-electron chi connectivity index (χ4n) is 1.61. The van der Waals surface area contributed by atoms with Crippen molar-refractivity contribution in [3.05, 3.63) is 16.1 Å². The van der Waals surface area contributed by atoms with Crippen LogP contribution < -0.4 is 10.6 Å². The Morgan fingerprint density at radius 3 is 2.76 bits per heavy atom. The maximum atomic E-state index is 12.4. The van der Waals surface area contributed by atoms with Crippen LogP contribution in [0.3, 0.4) is 0 Å². The molecule has 0 aliphatic carbocycles. The van der Waals surface area contributed by atoms with Crippen LogP contribution >= 0.6 is 11.3 Å². The number of alkyl halides is 3. The Kier molecular flexibility index (Phi) is 6.90. The molecule has 0 fully saturated rings. The molecule has 21 heavy (non-hydrogen) atoms. The lowest BCUT2D eigenvalue weighted by atomic mass is 10.2. The second-order valence-corrected chi connectivity index (χ2v) is 5.33. The third-order valence-corrected chi connectivity index (χ3v) is 3.68. The Labute approximate surface area is 124 Å². The summed E-state index contributed by atoms with van der Waals surface area (Å²) in [6.45, 7) is 2.07. The first-order valence-corrected chi connectivity index (χ1v) is 7.41. The third-order valence-electron chi connectivity index (χ3n) is 2.77. The van der Waals surface area contributed by atoms with E-state index in [0.29, 0.717) is 17.8 Å². The van der Waals surface area contributed by atoms with Crippen LogP contribution in [-0.2, 0) is 12.6 Å². The average Bonchev–Trinajstić information content (AvgIpc) is 2.87. The summed E-state index contributed by atoms with van der Waals surface area (Å²) < 4.78 is 37.1. The smallest absolute Gasteiger partial charge is 0.396 e. The zero-order valence-electron chi connectivity index (χ0n) is 11.5. The van der Waals surface area contributed by atoms with Gasteiger partial charge in [0.25, 0.3) is 0 Å². The molecule has 0 spiro atoms. The number of nitrogens with zero attached hydrogens (tertiary/aromatic N) is 1. The monoisotopic (exact) mass is 325 g/mol. The van der Waals surface area contributed by atoms with E-state index in [1.165, 1.54) is 0 Å². The summed E-state index contributed by atoms with van der Waals surface area (Å²) in [4.78, 5) is 15.0. The van der Waals surface area contributed by atoms with Crippen molar-refractivity contribution in [3.63, 3.8) is 0 Å². The Balaban J connectivity index is 2.33. The van der Waals surface area contributed by atoms with Crippen LogP contribution in [0.15, 0.2) is 5.38 Å². The summed E-state index contributed by atoms with van der Waals surface area (Å²) in [7, 11) is 0. The number of aliphatic hydroxyl groups excluding tert-OH is 1. The summed E-state index contributed by atoms with van der Waals surface area (Å²) >= 11 is 0.919. The van der Waals surface area contributed by atoms with Gasteiger partial charge >= 0.3 is 12.2 Å². The first-order valence-electron chi connectivity index (χ1n) is 6.53. The van der Waals surface area contributed by atoms with Gasteiger partial charge in [-0.3, -0.25) is 0 Å². The molecule has 120 valence electrons. The Morgan fingerprint density at radius 2 is 2.24 bits per heavy atom. The number of amides is 2. The number of nitrogens with one attached hydrogen (secondary N) is 2. The number of carbonyl (C=O) groups excluding carboxylic acids is 1. The highest BCUT2D eigenvalue weighted by Crippen LogP contribution is 2.29. The standard InChI is InChI=1S/C12H18F3N3O2S/c1-2-8(4-6-19)17-11(20)16-5-3-10-18-9(7-21-10)12(13,14)15/h7-8,19H,2-6H2,1H3,(H2,16,17,20). The molecule has 5 nitrogen and oxygen atoms in total. The molecule has 0 saturated carbocycles. The van der Waals surface area contributed by atoms with Crippen molar-refractivity contribution in [2.75, 3.05) is 13.2 Å². The molecular formula is C12H18F3N3O2S. The summed E-state index contributed by atoms with van der Waals surface area (Å²) in [6, 6.07) is -0.519. The second kappa shape index (κ2) is 8.18. The highest BCUT2D eigenvalue weighted by atomic mass is 32.1. The van der Waals surface area contributed by atoms with E-state index < -0.39 is 17.9 Å². The Morgan fingerprint density at radius 1 is 1.52 bits per heavy atom. The van der Waals surface area contributed by atoms with Gasteiger partial charge in [-0.1, -0.05) is 6.92 Å². The van der Waals surface area contributed by atoms with Crippen molar-refractivity contribution >= 4 is 17.4 Å². The number of hydrogen-bond donors (Lipinski definition) is 3. The van der Waals surface area contributed by atoms with E-state index in [1.54, 1.807) is 0 Å². The van der Waals surface area contributed by atoms with Crippen molar-refractivity contribution in [1.29, 1.82) is 0 Å². The molecule has 1 rings (SSSR count). The van der Waals surface area contributed by atoms with Gasteiger partial charge in [-0.15, -0.1) is 11.3 Å². The van der Waals surface area contributed by atoms with Crippen LogP contribution in [0.1, 0.15) is 30.5 Å². The fraction of sp³-hybridized carbons (Fsp3) is 0.667. The van der Waals surface area contributed by atoms with Crippen molar-refractivity contribution in [1.82, 2.24) is 15.6 Å². The summed E-state index contributed by atoms with van der Waals surface area (Å²) in [5.74, 6) is 0. The van der Waals surface area contributed by atoms with E-state index in [4.69, 9.17) is 5.11 Å². The molecule has 1 heterocycles. The number of rotatable bonds is 7. The molecule has 1 aromatic rings. The van der Waals surface area contributed by atoms with E-state index >= 15 is 0 Å². The summed E-state index contributed by atoms with van der Waals surface area (Å²) in [5.41, 5.74) is -0.902. The van der Waals surface area contributed by atoms with E-state index in [0.717, 1.165) is 16.7 Å². The molecule has 9 heteroatoms. The minimum atomic E-state index is -4.43. The maximum Gasteiger partial charge on any atom is 0.434 e. The maximum absolute atomic E-state index is 12.4. The molecule has 0 radical (unpaired) electrons. The van der Waals surface area contributed by atoms with Crippen LogP contribution in [0, 0.1) is 0 Å². The number of urea groups is 1. The van der Waals surface area contributed by atoms with Crippen molar-refractivity contribution in [2.45, 2.75) is 38.4 Å². The normalized spacial score (nSPS) is 13.0. The summed E-state index contributed by atoms with van der Waals surface area (Å²) in [6.07, 6.45) is -3.04. The van der Waals surface area contributed by atoms with Gasteiger partial charge in [0.1, 0.15) is 0 Å². The molecule has 2 amide bonds. The molecule has 0 aliphatic heterocycles.